The van der Waals surface area contributed by atoms with Crippen molar-refractivity contribution < 1.29 is 31.1 Å². The van der Waals surface area contributed by atoms with E-state index in [0.29, 0.717) is 23.4 Å². The van der Waals surface area contributed by atoms with E-state index in [4.69, 9.17) is 9.72 Å². The summed E-state index contributed by atoms with van der Waals surface area (Å²) in [6, 6.07) is 18.8. The van der Waals surface area contributed by atoms with Crippen LogP contribution < -0.4 is 9.46 Å². The Hall–Kier alpha value is -3.86. The molecule has 0 aliphatic carbocycles. The van der Waals surface area contributed by atoms with Crippen molar-refractivity contribution in [1.29, 1.82) is 0 Å². The lowest BCUT2D eigenvalue weighted by Gasteiger charge is -2.14. The zero-order valence-corrected chi connectivity index (χ0v) is 21.6. The van der Waals surface area contributed by atoms with E-state index < -0.39 is 21.4 Å². The van der Waals surface area contributed by atoms with Crippen molar-refractivity contribution in [2.75, 3.05) is 7.11 Å². The number of imidazole rings is 1. The number of aryl methyl sites for hydroxylation is 1. The van der Waals surface area contributed by atoms with Gasteiger partial charge in [-0.1, -0.05) is 61.9 Å². The Bertz CT molecular complexity index is 1560. The van der Waals surface area contributed by atoms with Crippen LogP contribution in [-0.4, -0.2) is 36.5 Å². The summed E-state index contributed by atoms with van der Waals surface area (Å²) in [5.74, 6) is 0.283. The number of rotatable bonds is 9. The fraction of sp³-hybridized carbons (Fsp3) is 0.259. The van der Waals surface area contributed by atoms with Gasteiger partial charge in [-0.05, 0) is 41.3 Å². The summed E-state index contributed by atoms with van der Waals surface area (Å²) in [6.45, 7) is 2.62. The summed E-state index contributed by atoms with van der Waals surface area (Å²) in [5.41, 5.74) is -2.30. The third-order valence-corrected chi connectivity index (χ3v) is 7.16. The fourth-order valence-electron chi connectivity index (χ4n) is 4.20. The number of unbranched alkanes of at least 4 members (excludes halogenated alkanes) is 1. The molecule has 1 aromatic heterocycles. The van der Waals surface area contributed by atoms with Crippen LogP contribution in [0.25, 0.3) is 22.2 Å². The molecule has 0 spiro atoms. The van der Waals surface area contributed by atoms with Crippen molar-refractivity contribution >= 4 is 27.0 Å². The van der Waals surface area contributed by atoms with Gasteiger partial charge in [-0.15, -0.1) is 0 Å². The largest absolute Gasteiger partial charge is 0.516 e. The molecular weight excluding hydrogens is 519 g/mol. The van der Waals surface area contributed by atoms with E-state index in [1.54, 1.807) is 31.4 Å². The zero-order valence-electron chi connectivity index (χ0n) is 20.7. The summed E-state index contributed by atoms with van der Waals surface area (Å²) < 4.78 is 69.9. The predicted molar refractivity (Wildman–Crippen MR) is 138 cm³/mol. The molecule has 38 heavy (non-hydrogen) atoms. The van der Waals surface area contributed by atoms with Gasteiger partial charge < -0.3 is 9.30 Å². The van der Waals surface area contributed by atoms with Crippen LogP contribution >= 0.6 is 0 Å². The normalized spacial score (nSPS) is 12.0. The Morgan fingerprint density at radius 2 is 1.74 bits per heavy atom. The number of para-hydroxylation sites is 1. The van der Waals surface area contributed by atoms with Crippen molar-refractivity contribution in [1.82, 2.24) is 14.3 Å². The summed E-state index contributed by atoms with van der Waals surface area (Å²) in [7, 11) is -4.22. The maximum absolute atomic E-state index is 12.8. The summed E-state index contributed by atoms with van der Waals surface area (Å²) in [5, 5.41) is 0. The highest BCUT2D eigenvalue weighted by molar-refractivity contribution is 7.90. The molecule has 0 saturated heterocycles. The number of alkyl halides is 3. The van der Waals surface area contributed by atoms with Crippen LogP contribution in [0, 0.1) is 0 Å². The van der Waals surface area contributed by atoms with Crippen LogP contribution in [0.1, 0.15) is 41.5 Å². The first-order valence-corrected chi connectivity index (χ1v) is 13.4. The smallest absolute Gasteiger partial charge is 0.494 e. The van der Waals surface area contributed by atoms with Crippen molar-refractivity contribution in [3.8, 4) is 16.9 Å². The van der Waals surface area contributed by atoms with Crippen molar-refractivity contribution in [3.05, 3.63) is 83.7 Å². The summed E-state index contributed by atoms with van der Waals surface area (Å²) in [4.78, 5) is 17.3. The van der Waals surface area contributed by atoms with Crippen LogP contribution in [0.3, 0.4) is 0 Å². The Balaban J connectivity index is 1.65. The first-order chi connectivity index (χ1) is 18.1. The number of aromatic nitrogens is 2. The van der Waals surface area contributed by atoms with E-state index >= 15 is 0 Å². The van der Waals surface area contributed by atoms with Gasteiger partial charge in [0.15, 0.2) is 0 Å². The number of carbonyl (C=O) groups excluding carboxylic acids is 1. The molecule has 1 heterocycles. The fourth-order valence-corrected chi connectivity index (χ4v) is 4.67. The molecule has 200 valence electrons. The maximum atomic E-state index is 12.8. The first-order valence-electron chi connectivity index (χ1n) is 11.9. The number of nitrogens with zero attached hydrogens (tertiary/aromatic N) is 2. The van der Waals surface area contributed by atoms with Gasteiger partial charge in [0.1, 0.15) is 17.1 Å². The van der Waals surface area contributed by atoms with Crippen LogP contribution in [0.4, 0.5) is 13.2 Å². The van der Waals surface area contributed by atoms with Crippen LogP contribution in [0.2, 0.25) is 0 Å². The number of benzene rings is 3. The minimum absolute atomic E-state index is 0.194. The second-order valence-corrected chi connectivity index (χ2v) is 10.3. The minimum atomic E-state index is -5.83. The lowest BCUT2D eigenvalue weighted by atomic mass is 9.98. The van der Waals surface area contributed by atoms with Gasteiger partial charge in [0.05, 0.1) is 12.6 Å². The van der Waals surface area contributed by atoms with E-state index in [9.17, 15) is 26.4 Å². The number of methoxy groups -OCH3 is 1. The molecule has 0 aliphatic heterocycles. The molecule has 4 aromatic rings. The van der Waals surface area contributed by atoms with Crippen molar-refractivity contribution in [2.45, 2.75) is 38.2 Å². The second kappa shape index (κ2) is 10.9. The molecule has 0 saturated carbocycles. The summed E-state index contributed by atoms with van der Waals surface area (Å²) >= 11 is 0. The third-order valence-electron chi connectivity index (χ3n) is 6.09. The third kappa shape index (κ3) is 5.52. The average molecular weight is 546 g/mol. The predicted octanol–water partition coefficient (Wildman–Crippen LogP) is 5.68. The Morgan fingerprint density at radius 3 is 2.39 bits per heavy atom. The molecule has 7 nitrogen and oxygen atoms in total. The molecule has 0 unspecified atom stereocenters. The van der Waals surface area contributed by atoms with Gasteiger partial charge in [0.25, 0.3) is 5.91 Å². The Morgan fingerprint density at radius 1 is 1.03 bits per heavy atom. The van der Waals surface area contributed by atoms with E-state index in [2.05, 4.69) is 11.5 Å². The van der Waals surface area contributed by atoms with Gasteiger partial charge in [-0.25, -0.2) is 9.71 Å². The standard InChI is InChI=1S/C27H26F3N3O4S/c1-3-4-12-24-31-22-10-7-11-23(37-2)25(22)33(24)17-18-13-15-19(16-14-18)20-8-5-6-9-21(20)26(34)32-38(35,36)27(28,29)30/h5-11,13-16H,3-4,12,17H2,1-2H3,(H,32,34). The van der Waals surface area contributed by atoms with Gasteiger partial charge in [-0.2, -0.15) is 21.6 Å². The molecule has 0 bridgehead atoms. The van der Waals surface area contributed by atoms with Gasteiger partial charge in [-0.3, -0.25) is 4.79 Å². The van der Waals surface area contributed by atoms with Crippen LogP contribution in [0.5, 0.6) is 5.75 Å². The van der Waals surface area contributed by atoms with E-state index in [1.165, 1.54) is 12.1 Å². The topological polar surface area (TPSA) is 90.3 Å². The molecule has 1 amide bonds. The monoisotopic (exact) mass is 545 g/mol. The van der Waals surface area contributed by atoms with Gasteiger partial charge in [0.2, 0.25) is 0 Å². The van der Waals surface area contributed by atoms with Gasteiger partial charge in [0, 0.05) is 18.5 Å². The molecule has 11 heteroatoms. The van der Waals surface area contributed by atoms with Crippen molar-refractivity contribution in [3.63, 3.8) is 0 Å². The quantitative estimate of drug-likeness (QED) is 0.292. The van der Waals surface area contributed by atoms with Crippen LogP contribution in [0.15, 0.2) is 66.7 Å². The van der Waals surface area contributed by atoms with Crippen LogP contribution in [-0.2, 0) is 23.0 Å². The first kappa shape index (κ1) is 27.2. The van der Waals surface area contributed by atoms with E-state index in [-0.39, 0.29) is 5.56 Å². The van der Waals surface area contributed by atoms with E-state index in [1.807, 2.05) is 30.3 Å². The molecule has 0 radical (unpaired) electrons. The number of hydrogen-bond donors (Lipinski definition) is 1. The molecule has 0 fully saturated rings. The minimum Gasteiger partial charge on any atom is -0.494 e. The number of ether oxygens (including phenoxy) is 1. The number of carbonyl (C=O) groups is 1. The van der Waals surface area contributed by atoms with E-state index in [0.717, 1.165) is 46.4 Å². The molecule has 3 aromatic carbocycles. The molecule has 1 N–H and O–H groups in total. The summed E-state index contributed by atoms with van der Waals surface area (Å²) in [6.07, 6.45) is 2.80. The lowest BCUT2D eigenvalue weighted by molar-refractivity contribution is -0.0446. The zero-order chi connectivity index (χ0) is 27.5. The number of halogens is 3. The number of nitrogens with one attached hydrogen (secondary N) is 1. The highest BCUT2D eigenvalue weighted by Crippen LogP contribution is 2.30. The highest BCUT2D eigenvalue weighted by Gasteiger charge is 2.47. The lowest BCUT2D eigenvalue weighted by Crippen LogP contribution is -2.40. The highest BCUT2D eigenvalue weighted by atomic mass is 32.2. The maximum Gasteiger partial charge on any atom is 0.516 e. The number of hydrogen-bond acceptors (Lipinski definition) is 5. The molecular formula is C27H26F3N3O4S. The van der Waals surface area contributed by atoms with Crippen molar-refractivity contribution in [2.24, 2.45) is 0 Å². The molecule has 4 rings (SSSR count). The van der Waals surface area contributed by atoms with Gasteiger partial charge >= 0.3 is 15.5 Å². The molecule has 0 aliphatic rings. The average Bonchev–Trinajstić information content (AvgIpc) is 3.24. The Labute approximate surface area is 218 Å². The second-order valence-electron chi connectivity index (χ2n) is 8.67. The Kier molecular flexibility index (Phi) is 7.77. The number of fused-ring (bicyclic) bond motifs is 1. The molecule has 0 atom stereocenters. The number of amides is 1. The SMILES string of the molecule is CCCCc1nc2cccc(OC)c2n1Cc1ccc(-c2ccccc2C(=O)NS(=O)(=O)C(F)(F)F)cc1. The number of sulfonamides is 1.